The van der Waals surface area contributed by atoms with E-state index in [0.717, 1.165) is 25.9 Å². The van der Waals surface area contributed by atoms with Gasteiger partial charge in [-0.3, -0.25) is 4.79 Å². The number of likely N-dealkylation sites (tertiary alicyclic amines) is 1. The molecule has 1 fully saturated rings. The molecule has 2 aliphatic rings. The Kier molecular flexibility index (Phi) is 3.58. The average molecular weight is 329 g/mol. The van der Waals surface area contributed by atoms with Crippen molar-refractivity contribution in [3.8, 4) is 0 Å². The Morgan fingerprint density at radius 3 is 2.91 bits per heavy atom. The zero-order valence-corrected chi connectivity index (χ0v) is 13.6. The van der Waals surface area contributed by atoms with Gasteiger partial charge in [-0.2, -0.15) is 0 Å². The second-order valence-corrected chi connectivity index (χ2v) is 7.09. The number of nitrogens with two attached hydrogens (primary N) is 1. The number of piperidine rings is 1. The van der Waals surface area contributed by atoms with Crippen molar-refractivity contribution >= 4 is 23.1 Å². The molecule has 4 rings (SSSR count). The Morgan fingerprint density at radius 2 is 2.13 bits per heavy atom. The van der Waals surface area contributed by atoms with Gasteiger partial charge in [-0.1, -0.05) is 6.07 Å². The lowest BCUT2D eigenvalue weighted by atomic mass is 9.82. The third-order valence-corrected chi connectivity index (χ3v) is 5.77. The van der Waals surface area contributed by atoms with Crippen LogP contribution in [0.15, 0.2) is 29.6 Å². The maximum atomic E-state index is 12.6. The summed E-state index contributed by atoms with van der Waals surface area (Å²) in [7, 11) is 0. The molecule has 0 aromatic carbocycles. The molecule has 2 aliphatic heterocycles. The van der Waals surface area contributed by atoms with Crippen molar-refractivity contribution in [2.24, 2.45) is 0 Å². The number of ether oxygens (including phenoxy) is 1. The molecule has 4 heterocycles. The first kappa shape index (κ1) is 14.7. The maximum absolute atomic E-state index is 12.6. The molecule has 0 unspecified atom stereocenters. The van der Waals surface area contributed by atoms with Crippen LogP contribution in [-0.2, 0) is 16.8 Å². The minimum absolute atomic E-state index is 0.0477. The van der Waals surface area contributed by atoms with Gasteiger partial charge in [0.25, 0.3) is 5.91 Å². The lowest BCUT2D eigenvalue weighted by Gasteiger charge is -2.44. The van der Waals surface area contributed by atoms with Crippen LogP contribution in [0.4, 0.5) is 5.82 Å². The third kappa shape index (κ3) is 2.52. The third-order valence-electron chi connectivity index (χ3n) is 4.79. The Morgan fingerprint density at radius 1 is 1.30 bits per heavy atom. The highest BCUT2D eigenvalue weighted by Crippen LogP contribution is 2.43. The van der Waals surface area contributed by atoms with Gasteiger partial charge in [-0.05, 0) is 42.0 Å². The molecular weight excluding hydrogens is 310 g/mol. The number of pyridine rings is 1. The van der Waals surface area contributed by atoms with Gasteiger partial charge in [0.1, 0.15) is 11.5 Å². The highest BCUT2D eigenvalue weighted by atomic mass is 32.1. The predicted octanol–water partition coefficient (Wildman–Crippen LogP) is 2.43. The molecule has 0 saturated carbocycles. The Bertz CT molecular complexity index is 735. The van der Waals surface area contributed by atoms with Crippen LogP contribution in [-0.4, -0.2) is 35.5 Å². The maximum Gasteiger partial charge on any atom is 0.272 e. The molecule has 120 valence electrons. The molecule has 0 bridgehead atoms. The van der Waals surface area contributed by atoms with Crippen LogP contribution in [0.25, 0.3) is 0 Å². The number of hydrogen-bond acceptors (Lipinski definition) is 5. The van der Waals surface area contributed by atoms with E-state index in [-0.39, 0.29) is 11.5 Å². The molecule has 23 heavy (non-hydrogen) atoms. The van der Waals surface area contributed by atoms with E-state index >= 15 is 0 Å². The van der Waals surface area contributed by atoms with E-state index in [1.54, 1.807) is 18.2 Å². The molecule has 0 aliphatic carbocycles. The number of hydrogen-bond donors (Lipinski definition) is 1. The molecule has 1 spiro atoms. The van der Waals surface area contributed by atoms with Gasteiger partial charge >= 0.3 is 0 Å². The monoisotopic (exact) mass is 329 g/mol. The van der Waals surface area contributed by atoms with Crippen molar-refractivity contribution in [3.05, 3.63) is 45.8 Å². The molecule has 2 aromatic rings. The van der Waals surface area contributed by atoms with Gasteiger partial charge in [0.2, 0.25) is 0 Å². The van der Waals surface area contributed by atoms with E-state index in [1.807, 2.05) is 16.2 Å². The van der Waals surface area contributed by atoms with Crippen molar-refractivity contribution < 1.29 is 9.53 Å². The Hall–Kier alpha value is -1.92. The van der Waals surface area contributed by atoms with Gasteiger partial charge in [0.05, 0.1) is 12.2 Å². The van der Waals surface area contributed by atoms with Crippen LogP contribution in [0.2, 0.25) is 0 Å². The molecule has 6 heteroatoms. The van der Waals surface area contributed by atoms with E-state index in [4.69, 9.17) is 10.5 Å². The number of rotatable bonds is 1. The van der Waals surface area contributed by atoms with Crippen molar-refractivity contribution in [1.29, 1.82) is 0 Å². The van der Waals surface area contributed by atoms with E-state index in [9.17, 15) is 4.79 Å². The van der Waals surface area contributed by atoms with E-state index < -0.39 is 0 Å². The summed E-state index contributed by atoms with van der Waals surface area (Å²) in [6, 6.07) is 7.37. The Balaban J connectivity index is 1.51. The molecule has 5 nitrogen and oxygen atoms in total. The number of fused-ring (bicyclic) bond motifs is 2. The topological polar surface area (TPSA) is 68.5 Å². The number of thiophene rings is 1. The zero-order valence-electron chi connectivity index (χ0n) is 12.8. The SMILES string of the molecule is Nc1cccc(C(=O)N2CCC3(CC2)OCCc2sccc23)n1. The summed E-state index contributed by atoms with van der Waals surface area (Å²) < 4.78 is 6.18. The second-order valence-electron chi connectivity index (χ2n) is 6.09. The van der Waals surface area contributed by atoms with Crippen molar-refractivity contribution in [2.45, 2.75) is 24.9 Å². The largest absolute Gasteiger partial charge is 0.384 e. The fourth-order valence-electron chi connectivity index (χ4n) is 3.57. The molecule has 2 aromatic heterocycles. The summed E-state index contributed by atoms with van der Waals surface area (Å²) in [5, 5.41) is 2.15. The minimum Gasteiger partial charge on any atom is -0.384 e. The minimum atomic E-state index is -0.201. The molecule has 1 amide bonds. The number of anilines is 1. The highest BCUT2D eigenvalue weighted by molar-refractivity contribution is 7.10. The van der Waals surface area contributed by atoms with Crippen LogP contribution < -0.4 is 5.73 Å². The highest BCUT2D eigenvalue weighted by Gasteiger charge is 2.42. The summed E-state index contributed by atoms with van der Waals surface area (Å²) in [5.74, 6) is 0.330. The number of carbonyl (C=O) groups excluding carboxylic acids is 1. The van der Waals surface area contributed by atoms with E-state index in [1.165, 1.54) is 10.4 Å². The lowest BCUT2D eigenvalue weighted by Crippen LogP contribution is -2.48. The van der Waals surface area contributed by atoms with Crippen LogP contribution in [0, 0.1) is 0 Å². The lowest BCUT2D eigenvalue weighted by molar-refractivity contribution is -0.0926. The van der Waals surface area contributed by atoms with Gasteiger partial charge in [-0.25, -0.2) is 4.98 Å². The van der Waals surface area contributed by atoms with Crippen LogP contribution in [0.1, 0.15) is 33.8 Å². The van der Waals surface area contributed by atoms with Crippen LogP contribution in [0.3, 0.4) is 0 Å². The summed E-state index contributed by atoms with van der Waals surface area (Å²) in [5.41, 5.74) is 7.23. The molecule has 1 saturated heterocycles. The summed E-state index contributed by atoms with van der Waals surface area (Å²) in [6.45, 7) is 2.15. The number of aromatic nitrogens is 1. The van der Waals surface area contributed by atoms with Gasteiger partial charge in [-0.15, -0.1) is 11.3 Å². The smallest absolute Gasteiger partial charge is 0.272 e. The predicted molar refractivity (Wildman–Crippen MR) is 89.4 cm³/mol. The number of nitrogens with zero attached hydrogens (tertiary/aromatic N) is 2. The molecule has 0 radical (unpaired) electrons. The normalized spacial score (nSPS) is 19.6. The average Bonchev–Trinajstić information content (AvgIpc) is 3.05. The van der Waals surface area contributed by atoms with Gasteiger partial charge in [0.15, 0.2) is 0 Å². The Labute approximate surface area is 139 Å². The van der Waals surface area contributed by atoms with Crippen LogP contribution >= 0.6 is 11.3 Å². The second kappa shape index (κ2) is 5.62. The fourth-order valence-corrected chi connectivity index (χ4v) is 4.52. The number of carbonyl (C=O) groups is 1. The fraction of sp³-hybridized carbons (Fsp3) is 0.412. The van der Waals surface area contributed by atoms with Gasteiger partial charge in [0, 0.05) is 24.4 Å². The van der Waals surface area contributed by atoms with Crippen molar-refractivity contribution in [1.82, 2.24) is 9.88 Å². The molecule has 0 atom stereocenters. The molecular formula is C17H19N3O2S. The van der Waals surface area contributed by atoms with E-state index in [2.05, 4.69) is 16.4 Å². The van der Waals surface area contributed by atoms with Crippen molar-refractivity contribution in [3.63, 3.8) is 0 Å². The number of amides is 1. The summed E-state index contributed by atoms with van der Waals surface area (Å²) in [6.07, 6.45) is 2.68. The summed E-state index contributed by atoms with van der Waals surface area (Å²) >= 11 is 1.81. The van der Waals surface area contributed by atoms with Crippen molar-refractivity contribution in [2.75, 3.05) is 25.4 Å². The molecule has 2 N–H and O–H groups in total. The standard InChI is InChI=1S/C17H19N3O2S/c18-15-3-1-2-13(19-15)16(21)20-8-6-17(7-9-20)12-5-11-23-14(12)4-10-22-17/h1-3,5,11H,4,6-10H2,(H2,18,19). The first-order valence-electron chi connectivity index (χ1n) is 7.91. The first-order valence-corrected chi connectivity index (χ1v) is 8.79. The van der Waals surface area contributed by atoms with Crippen LogP contribution in [0.5, 0.6) is 0 Å². The first-order chi connectivity index (χ1) is 11.2. The van der Waals surface area contributed by atoms with Gasteiger partial charge < -0.3 is 15.4 Å². The van der Waals surface area contributed by atoms with E-state index in [0.29, 0.717) is 24.6 Å². The number of nitrogen functional groups attached to an aromatic ring is 1. The quantitative estimate of drug-likeness (QED) is 0.872. The summed E-state index contributed by atoms with van der Waals surface area (Å²) in [4.78, 5) is 20.0. The zero-order chi connectivity index (χ0) is 15.9.